The second kappa shape index (κ2) is 11.1. The van der Waals surface area contributed by atoms with Gasteiger partial charge in [0, 0.05) is 19.6 Å². The molecule has 132 valence electrons. The number of nitrogens with one attached hydrogen (secondary N) is 3. The van der Waals surface area contributed by atoms with Gasteiger partial charge in [-0.25, -0.2) is 0 Å². The molecule has 0 aliphatic rings. The van der Waals surface area contributed by atoms with E-state index in [-0.39, 0.29) is 54.7 Å². The van der Waals surface area contributed by atoms with Crippen LogP contribution in [0.5, 0.6) is 0 Å². The molecule has 0 radical (unpaired) electrons. The van der Waals surface area contributed by atoms with Gasteiger partial charge in [-0.05, 0) is 19.1 Å². The number of halogens is 4. The summed E-state index contributed by atoms with van der Waals surface area (Å²) in [6, 6.07) is 3.13. The van der Waals surface area contributed by atoms with E-state index < -0.39 is 12.6 Å². The van der Waals surface area contributed by atoms with Crippen molar-refractivity contribution in [2.75, 3.05) is 26.2 Å². The maximum atomic E-state index is 12.1. The van der Waals surface area contributed by atoms with Gasteiger partial charge in [-0.1, -0.05) is 0 Å². The van der Waals surface area contributed by atoms with Crippen LogP contribution in [0.15, 0.2) is 27.8 Å². The highest BCUT2D eigenvalue weighted by Gasteiger charge is 2.26. The molecule has 0 spiro atoms. The smallest absolute Gasteiger partial charge is 0.390 e. The van der Waals surface area contributed by atoms with Gasteiger partial charge in [-0.2, -0.15) is 13.2 Å². The van der Waals surface area contributed by atoms with Crippen LogP contribution >= 0.6 is 24.0 Å². The normalized spacial score (nSPS) is 11.6. The van der Waals surface area contributed by atoms with E-state index in [0.29, 0.717) is 13.1 Å². The van der Waals surface area contributed by atoms with E-state index in [1.165, 1.54) is 12.3 Å². The molecule has 0 atom stereocenters. The number of aliphatic imine (C=N–C) groups is 1. The van der Waals surface area contributed by atoms with Crippen LogP contribution in [0.3, 0.4) is 0 Å². The minimum absolute atomic E-state index is 0. The van der Waals surface area contributed by atoms with E-state index in [4.69, 9.17) is 4.42 Å². The quantitative estimate of drug-likeness (QED) is 0.259. The third-order valence-corrected chi connectivity index (χ3v) is 2.46. The van der Waals surface area contributed by atoms with Gasteiger partial charge < -0.3 is 20.4 Å². The van der Waals surface area contributed by atoms with Crippen molar-refractivity contribution in [1.29, 1.82) is 0 Å². The third kappa shape index (κ3) is 10.0. The maximum absolute atomic E-state index is 12.1. The van der Waals surface area contributed by atoms with Crippen molar-refractivity contribution in [3.63, 3.8) is 0 Å². The minimum atomic E-state index is -4.22. The molecule has 0 unspecified atom stereocenters. The second-order valence-electron chi connectivity index (χ2n) is 4.29. The molecule has 3 N–H and O–H groups in total. The molecule has 6 nitrogen and oxygen atoms in total. The number of carbonyl (C=O) groups excluding carboxylic acids is 1. The summed E-state index contributed by atoms with van der Waals surface area (Å²) in [5.41, 5.74) is 0. The number of nitrogens with zero attached hydrogens (tertiary/aromatic N) is 1. The number of furan rings is 1. The Morgan fingerprint density at radius 2 is 1.96 bits per heavy atom. The summed E-state index contributed by atoms with van der Waals surface area (Å²) in [6.45, 7) is 2.58. The summed E-state index contributed by atoms with van der Waals surface area (Å²) in [6.07, 6.45) is -3.81. The van der Waals surface area contributed by atoms with E-state index in [9.17, 15) is 18.0 Å². The Labute approximate surface area is 149 Å². The van der Waals surface area contributed by atoms with Gasteiger partial charge in [0.25, 0.3) is 5.91 Å². The van der Waals surface area contributed by atoms with E-state index in [0.717, 1.165) is 0 Å². The zero-order valence-electron chi connectivity index (χ0n) is 12.6. The van der Waals surface area contributed by atoms with Crippen molar-refractivity contribution in [3.8, 4) is 0 Å². The Morgan fingerprint density at radius 1 is 1.26 bits per heavy atom. The molecule has 1 aromatic rings. The summed E-state index contributed by atoms with van der Waals surface area (Å²) in [4.78, 5) is 15.4. The largest absolute Gasteiger partial charge is 0.459 e. The van der Waals surface area contributed by atoms with Crippen LogP contribution in [0.25, 0.3) is 0 Å². The number of carbonyl (C=O) groups is 1. The molecule has 0 bridgehead atoms. The highest BCUT2D eigenvalue weighted by atomic mass is 127. The van der Waals surface area contributed by atoms with Gasteiger partial charge in [0.05, 0.1) is 19.2 Å². The third-order valence-electron chi connectivity index (χ3n) is 2.46. The minimum Gasteiger partial charge on any atom is -0.459 e. The molecule has 0 saturated heterocycles. The molecule has 1 heterocycles. The zero-order valence-corrected chi connectivity index (χ0v) is 14.9. The summed E-state index contributed by atoms with van der Waals surface area (Å²) in [5, 5.41) is 8.26. The second-order valence-corrected chi connectivity index (χ2v) is 4.29. The van der Waals surface area contributed by atoms with Gasteiger partial charge in [0.15, 0.2) is 11.7 Å². The van der Waals surface area contributed by atoms with Gasteiger partial charge in [-0.3, -0.25) is 9.79 Å². The lowest BCUT2D eigenvalue weighted by Gasteiger charge is -2.12. The van der Waals surface area contributed by atoms with Crippen molar-refractivity contribution < 1.29 is 22.4 Å². The SMILES string of the molecule is CCNC(=NCCC(F)(F)F)NCCNC(=O)c1ccco1.I. The van der Waals surface area contributed by atoms with Crippen molar-refractivity contribution in [1.82, 2.24) is 16.0 Å². The number of amides is 1. The lowest BCUT2D eigenvalue weighted by molar-refractivity contribution is -0.132. The first-order valence-electron chi connectivity index (χ1n) is 6.83. The fourth-order valence-corrected chi connectivity index (χ4v) is 1.49. The van der Waals surface area contributed by atoms with E-state index in [2.05, 4.69) is 20.9 Å². The molecule has 10 heteroatoms. The van der Waals surface area contributed by atoms with Gasteiger partial charge >= 0.3 is 6.18 Å². The topological polar surface area (TPSA) is 78.7 Å². The highest BCUT2D eigenvalue weighted by molar-refractivity contribution is 14.0. The highest BCUT2D eigenvalue weighted by Crippen LogP contribution is 2.18. The molecule has 1 amide bonds. The standard InChI is InChI=1S/C13H19F3N4O2.HI/c1-2-17-12(19-6-5-13(14,15)16)20-8-7-18-11(21)10-4-3-9-22-10;/h3-4,9H,2,5-8H2,1H3,(H,18,21)(H2,17,19,20);1H. The Hall–Kier alpha value is -1.46. The first-order chi connectivity index (χ1) is 10.4. The number of alkyl halides is 3. The maximum Gasteiger partial charge on any atom is 0.390 e. The first-order valence-corrected chi connectivity index (χ1v) is 6.83. The number of rotatable bonds is 7. The Bertz CT molecular complexity index is 478. The average molecular weight is 448 g/mol. The van der Waals surface area contributed by atoms with E-state index >= 15 is 0 Å². The molecule has 0 aliphatic carbocycles. The molecule has 0 fully saturated rings. The van der Waals surface area contributed by atoms with Crippen LogP contribution in [-0.2, 0) is 0 Å². The lowest BCUT2D eigenvalue weighted by atomic mass is 10.4. The Kier molecular flexibility index (Phi) is 10.4. The average Bonchev–Trinajstić information content (AvgIpc) is 2.96. The first kappa shape index (κ1) is 21.5. The molecule has 1 rings (SSSR count). The van der Waals surface area contributed by atoms with Gasteiger partial charge in [0.2, 0.25) is 0 Å². The van der Waals surface area contributed by atoms with Crippen LogP contribution in [0.2, 0.25) is 0 Å². The summed E-state index contributed by atoms with van der Waals surface area (Å²) in [7, 11) is 0. The van der Waals surface area contributed by atoms with Crippen molar-refractivity contribution in [2.24, 2.45) is 4.99 Å². The number of hydrogen-bond donors (Lipinski definition) is 3. The molecule has 23 heavy (non-hydrogen) atoms. The summed E-state index contributed by atoms with van der Waals surface area (Å²) in [5.74, 6) is 0.121. The lowest BCUT2D eigenvalue weighted by Crippen LogP contribution is -2.41. The zero-order chi connectivity index (χ0) is 16.4. The predicted octanol–water partition coefficient (Wildman–Crippen LogP) is 2.13. The monoisotopic (exact) mass is 448 g/mol. The number of guanidine groups is 1. The molecule has 0 saturated carbocycles. The van der Waals surface area contributed by atoms with Crippen molar-refractivity contribution in [2.45, 2.75) is 19.5 Å². The van der Waals surface area contributed by atoms with Crippen LogP contribution in [0, 0.1) is 0 Å². The van der Waals surface area contributed by atoms with Gasteiger partial charge in [-0.15, -0.1) is 24.0 Å². The molecular weight excluding hydrogens is 428 g/mol. The number of hydrogen-bond acceptors (Lipinski definition) is 3. The summed E-state index contributed by atoms with van der Waals surface area (Å²) >= 11 is 0. The van der Waals surface area contributed by atoms with Crippen molar-refractivity contribution >= 4 is 35.8 Å². The fourth-order valence-electron chi connectivity index (χ4n) is 1.49. The van der Waals surface area contributed by atoms with Crippen LogP contribution in [-0.4, -0.2) is 44.2 Å². The van der Waals surface area contributed by atoms with Gasteiger partial charge in [0.1, 0.15) is 0 Å². The molecule has 1 aromatic heterocycles. The van der Waals surface area contributed by atoms with E-state index in [1.807, 2.05) is 0 Å². The molecular formula is C13H20F3IN4O2. The van der Waals surface area contributed by atoms with Crippen molar-refractivity contribution in [3.05, 3.63) is 24.2 Å². The Morgan fingerprint density at radius 3 is 2.52 bits per heavy atom. The molecule has 0 aromatic carbocycles. The van der Waals surface area contributed by atoms with Crippen LogP contribution < -0.4 is 16.0 Å². The fraction of sp³-hybridized carbons (Fsp3) is 0.538. The van der Waals surface area contributed by atoms with Crippen LogP contribution in [0.1, 0.15) is 23.9 Å². The molecule has 0 aliphatic heterocycles. The Balaban J connectivity index is 0.00000484. The predicted molar refractivity (Wildman–Crippen MR) is 91.1 cm³/mol. The summed E-state index contributed by atoms with van der Waals surface area (Å²) < 4.78 is 41.1. The van der Waals surface area contributed by atoms with Crippen LogP contribution in [0.4, 0.5) is 13.2 Å². The van der Waals surface area contributed by atoms with E-state index in [1.54, 1.807) is 13.0 Å².